The van der Waals surface area contributed by atoms with Crippen molar-refractivity contribution < 1.29 is 4.74 Å². The first-order valence-electron chi connectivity index (χ1n) is 9.19. The third-order valence-electron chi connectivity index (χ3n) is 4.71. The van der Waals surface area contributed by atoms with Gasteiger partial charge in [-0.05, 0) is 44.2 Å². The molecule has 148 valence electrons. The second-order valence-electron chi connectivity index (χ2n) is 6.77. The van der Waals surface area contributed by atoms with E-state index in [9.17, 15) is 0 Å². The summed E-state index contributed by atoms with van der Waals surface area (Å²) < 4.78 is 8.15. The standard InChI is InChI=1S/C19H28N6O.HI/c1-14-8-9-15(17(10-14)26-16-6-4-5-7-16)11-21-19(20-2)22-12-18-24-23-13-25(18)3;/h8-10,13,16H,4-7,11-12H2,1-3H3,(H2,20,21,22);1H. The lowest BCUT2D eigenvalue weighted by Gasteiger charge is -2.18. The van der Waals surface area contributed by atoms with Crippen LogP contribution in [0.4, 0.5) is 0 Å². The molecule has 0 radical (unpaired) electrons. The zero-order chi connectivity index (χ0) is 18.4. The normalized spacial score (nSPS) is 14.7. The van der Waals surface area contributed by atoms with Crippen molar-refractivity contribution in [3.05, 3.63) is 41.5 Å². The Morgan fingerprint density at radius 1 is 1.26 bits per heavy atom. The van der Waals surface area contributed by atoms with Gasteiger partial charge in [0.15, 0.2) is 11.8 Å². The molecular formula is C19H29IN6O. The van der Waals surface area contributed by atoms with Crippen LogP contribution in [0.25, 0.3) is 0 Å². The summed E-state index contributed by atoms with van der Waals surface area (Å²) in [6.07, 6.45) is 6.88. The second kappa shape index (κ2) is 10.5. The Balaban J connectivity index is 0.00000261. The number of halogens is 1. The molecule has 8 heteroatoms. The lowest BCUT2D eigenvalue weighted by molar-refractivity contribution is 0.207. The number of aryl methyl sites for hydroxylation is 2. The van der Waals surface area contributed by atoms with Crippen LogP contribution in [0.15, 0.2) is 29.5 Å². The molecule has 0 aliphatic heterocycles. The third-order valence-corrected chi connectivity index (χ3v) is 4.71. The van der Waals surface area contributed by atoms with Gasteiger partial charge in [0.25, 0.3) is 0 Å². The highest BCUT2D eigenvalue weighted by atomic mass is 127. The summed E-state index contributed by atoms with van der Waals surface area (Å²) in [7, 11) is 3.68. The highest BCUT2D eigenvalue weighted by Gasteiger charge is 2.18. The van der Waals surface area contributed by atoms with Crippen LogP contribution in [0, 0.1) is 6.92 Å². The molecule has 27 heavy (non-hydrogen) atoms. The van der Waals surface area contributed by atoms with Gasteiger partial charge in [-0.15, -0.1) is 34.2 Å². The average molecular weight is 484 g/mol. The van der Waals surface area contributed by atoms with Crippen LogP contribution in [0.5, 0.6) is 5.75 Å². The number of aliphatic imine (C=N–C) groups is 1. The largest absolute Gasteiger partial charge is 0.490 e. The zero-order valence-electron chi connectivity index (χ0n) is 16.2. The van der Waals surface area contributed by atoms with Gasteiger partial charge in [0.05, 0.1) is 12.6 Å². The monoisotopic (exact) mass is 484 g/mol. The summed E-state index contributed by atoms with van der Waals surface area (Å²) in [5, 5.41) is 14.6. The van der Waals surface area contributed by atoms with E-state index >= 15 is 0 Å². The molecular weight excluding hydrogens is 455 g/mol. The Labute approximate surface area is 178 Å². The number of nitrogens with one attached hydrogen (secondary N) is 2. The fourth-order valence-electron chi connectivity index (χ4n) is 3.13. The van der Waals surface area contributed by atoms with Gasteiger partial charge in [0, 0.05) is 26.2 Å². The molecule has 0 saturated heterocycles. The average Bonchev–Trinajstić information content (AvgIpc) is 3.28. The predicted molar refractivity (Wildman–Crippen MR) is 118 cm³/mol. The minimum absolute atomic E-state index is 0. The van der Waals surface area contributed by atoms with E-state index in [2.05, 4.69) is 50.9 Å². The van der Waals surface area contributed by atoms with Gasteiger partial charge >= 0.3 is 0 Å². The topological polar surface area (TPSA) is 76.4 Å². The van der Waals surface area contributed by atoms with E-state index < -0.39 is 0 Å². The number of hydrogen-bond donors (Lipinski definition) is 2. The van der Waals surface area contributed by atoms with Gasteiger partial charge in [0.1, 0.15) is 12.1 Å². The van der Waals surface area contributed by atoms with Crippen LogP contribution in [0.2, 0.25) is 0 Å². The maximum absolute atomic E-state index is 6.27. The molecule has 1 heterocycles. The number of aromatic nitrogens is 3. The first-order valence-corrected chi connectivity index (χ1v) is 9.19. The second-order valence-corrected chi connectivity index (χ2v) is 6.77. The number of rotatable bonds is 6. The van der Waals surface area contributed by atoms with Crippen molar-refractivity contribution in [3.63, 3.8) is 0 Å². The quantitative estimate of drug-likeness (QED) is 0.375. The van der Waals surface area contributed by atoms with Crippen LogP contribution >= 0.6 is 24.0 Å². The summed E-state index contributed by atoms with van der Waals surface area (Å²) in [4.78, 5) is 4.28. The van der Waals surface area contributed by atoms with Crippen LogP contribution < -0.4 is 15.4 Å². The van der Waals surface area contributed by atoms with E-state index in [1.165, 1.54) is 18.4 Å². The van der Waals surface area contributed by atoms with E-state index in [-0.39, 0.29) is 24.0 Å². The fourth-order valence-corrected chi connectivity index (χ4v) is 3.13. The summed E-state index contributed by atoms with van der Waals surface area (Å²) in [6.45, 7) is 3.32. The minimum Gasteiger partial charge on any atom is -0.490 e. The summed E-state index contributed by atoms with van der Waals surface area (Å²) in [6, 6.07) is 6.38. The van der Waals surface area contributed by atoms with Gasteiger partial charge < -0.3 is 19.9 Å². The van der Waals surface area contributed by atoms with Gasteiger partial charge in [-0.3, -0.25) is 4.99 Å². The maximum Gasteiger partial charge on any atom is 0.191 e. The zero-order valence-corrected chi connectivity index (χ0v) is 18.6. The smallest absolute Gasteiger partial charge is 0.191 e. The van der Waals surface area contributed by atoms with Crippen molar-refractivity contribution in [2.75, 3.05) is 7.05 Å². The SMILES string of the molecule is CN=C(NCc1ccc(C)cc1OC1CCCC1)NCc1nncn1C.I. The van der Waals surface area contributed by atoms with Crippen LogP contribution in [0.1, 0.15) is 42.6 Å². The van der Waals surface area contributed by atoms with E-state index in [0.29, 0.717) is 19.2 Å². The lowest BCUT2D eigenvalue weighted by Crippen LogP contribution is -2.37. The predicted octanol–water partition coefficient (Wildman–Crippen LogP) is 2.93. The molecule has 1 saturated carbocycles. The van der Waals surface area contributed by atoms with Crippen molar-refractivity contribution >= 4 is 29.9 Å². The highest BCUT2D eigenvalue weighted by Crippen LogP contribution is 2.27. The Bertz CT molecular complexity index is 754. The third kappa shape index (κ3) is 6.08. The number of guanidine groups is 1. The molecule has 2 aromatic rings. The van der Waals surface area contributed by atoms with Crippen LogP contribution in [-0.4, -0.2) is 33.9 Å². The molecule has 1 aromatic carbocycles. The van der Waals surface area contributed by atoms with E-state index in [4.69, 9.17) is 4.74 Å². The molecule has 0 unspecified atom stereocenters. The van der Waals surface area contributed by atoms with E-state index in [1.54, 1.807) is 13.4 Å². The summed E-state index contributed by atoms with van der Waals surface area (Å²) >= 11 is 0. The molecule has 1 aromatic heterocycles. The van der Waals surface area contributed by atoms with Crippen LogP contribution in [0.3, 0.4) is 0 Å². The number of hydrogen-bond acceptors (Lipinski definition) is 4. The molecule has 3 rings (SSSR count). The molecule has 1 aliphatic rings. The number of ether oxygens (including phenoxy) is 1. The molecule has 0 atom stereocenters. The van der Waals surface area contributed by atoms with Gasteiger partial charge in [0.2, 0.25) is 0 Å². The fraction of sp³-hybridized carbons (Fsp3) is 0.526. The minimum atomic E-state index is 0. The van der Waals surface area contributed by atoms with E-state index in [1.807, 2.05) is 11.6 Å². The summed E-state index contributed by atoms with van der Waals surface area (Å²) in [5.74, 6) is 2.56. The first-order chi connectivity index (χ1) is 12.7. The maximum atomic E-state index is 6.27. The van der Waals surface area contributed by atoms with Crippen LogP contribution in [-0.2, 0) is 20.1 Å². The molecule has 2 N–H and O–H groups in total. The Morgan fingerprint density at radius 2 is 2.00 bits per heavy atom. The molecule has 0 spiro atoms. The highest BCUT2D eigenvalue weighted by molar-refractivity contribution is 14.0. The Morgan fingerprint density at radius 3 is 2.67 bits per heavy atom. The van der Waals surface area contributed by atoms with Crippen molar-refractivity contribution in [1.29, 1.82) is 0 Å². The molecule has 0 amide bonds. The van der Waals surface area contributed by atoms with Gasteiger partial charge in [-0.25, -0.2) is 0 Å². The van der Waals surface area contributed by atoms with Crippen molar-refractivity contribution in [2.45, 2.75) is 51.8 Å². The Hall–Kier alpha value is -1.84. The summed E-state index contributed by atoms with van der Waals surface area (Å²) in [5.41, 5.74) is 2.36. The lowest BCUT2D eigenvalue weighted by atomic mass is 10.1. The van der Waals surface area contributed by atoms with Gasteiger partial charge in [-0.1, -0.05) is 12.1 Å². The van der Waals surface area contributed by atoms with Gasteiger partial charge in [-0.2, -0.15) is 0 Å². The molecule has 1 aliphatic carbocycles. The van der Waals surface area contributed by atoms with Crippen molar-refractivity contribution in [3.8, 4) is 5.75 Å². The van der Waals surface area contributed by atoms with E-state index in [0.717, 1.165) is 35.9 Å². The number of benzene rings is 1. The Kier molecular flexibility index (Phi) is 8.33. The molecule has 7 nitrogen and oxygen atoms in total. The number of nitrogens with zero attached hydrogens (tertiary/aromatic N) is 4. The van der Waals surface area contributed by atoms with Crippen molar-refractivity contribution in [1.82, 2.24) is 25.4 Å². The molecule has 0 bridgehead atoms. The molecule has 1 fully saturated rings. The first kappa shape index (κ1) is 21.5. The van der Waals surface area contributed by atoms with Crippen molar-refractivity contribution in [2.24, 2.45) is 12.0 Å².